The van der Waals surface area contributed by atoms with Gasteiger partial charge in [0.15, 0.2) is 0 Å². The van der Waals surface area contributed by atoms with E-state index in [0.29, 0.717) is 36.3 Å². The summed E-state index contributed by atoms with van der Waals surface area (Å²) in [6.45, 7) is 6.10. The molecule has 1 amide bonds. The Morgan fingerprint density at radius 3 is 2.68 bits per heavy atom. The Morgan fingerprint density at radius 2 is 2.06 bits per heavy atom. The van der Waals surface area contributed by atoms with Gasteiger partial charge in [-0.25, -0.2) is 4.98 Å². The van der Waals surface area contributed by atoms with E-state index in [1.165, 1.54) is 0 Å². The number of pyridine rings is 1. The number of likely N-dealkylation sites (tertiary alicyclic amines) is 1. The fourth-order valence-electron chi connectivity index (χ4n) is 4.16. The average Bonchev–Trinajstić information content (AvgIpc) is 3.28. The van der Waals surface area contributed by atoms with E-state index < -0.39 is 11.7 Å². The number of carbonyl (C=O) groups is 1. The largest absolute Gasteiger partial charge is 0.417 e. The van der Waals surface area contributed by atoms with Gasteiger partial charge in [-0.1, -0.05) is 19.0 Å². The van der Waals surface area contributed by atoms with E-state index in [4.69, 9.17) is 4.52 Å². The molecule has 0 N–H and O–H groups in total. The van der Waals surface area contributed by atoms with E-state index in [0.717, 1.165) is 6.07 Å². The van der Waals surface area contributed by atoms with Crippen molar-refractivity contribution in [3.8, 4) is 0 Å². The van der Waals surface area contributed by atoms with Crippen molar-refractivity contribution in [1.29, 1.82) is 0 Å². The summed E-state index contributed by atoms with van der Waals surface area (Å²) in [4.78, 5) is 18.9. The molecule has 166 valence electrons. The molecule has 3 aromatic rings. The molecule has 31 heavy (non-hydrogen) atoms. The van der Waals surface area contributed by atoms with E-state index in [-0.39, 0.29) is 41.1 Å². The number of hydrogen-bond acceptors (Lipinski definition) is 5. The Morgan fingerprint density at radius 1 is 1.32 bits per heavy atom. The first-order valence-corrected chi connectivity index (χ1v) is 10.2. The van der Waals surface area contributed by atoms with Crippen LogP contribution >= 0.6 is 0 Å². The summed E-state index contributed by atoms with van der Waals surface area (Å²) < 4.78 is 48.5. The molecule has 4 rings (SSSR count). The predicted molar refractivity (Wildman–Crippen MR) is 107 cm³/mol. The van der Waals surface area contributed by atoms with Crippen LogP contribution in [0, 0.1) is 6.92 Å². The molecule has 1 aliphatic rings. The van der Waals surface area contributed by atoms with Crippen LogP contribution in [-0.2, 0) is 13.2 Å². The Labute approximate surface area is 177 Å². The molecule has 0 spiro atoms. The maximum absolute atomic E-state index is 13.9. The molecule has 1 fully saturated rings. The Bertz CT molecular complexity index is 1130. The van der Waals surface area contributed by atoms with E-state index in [1.54, 1.807) is 43.6 Å². The molecular weight excluding hydrogens is 411 g/mol. The second-order valence-corrected chi connectivity index (χ2v) is 8.39. The second-order valence-electron chi connectivity index (χ2n) is 8.39. The highest BCUT2D eigenvalue weighted by Gasteiger charge is 2.38. The second kappa shape index (κ2) is 7.65. The van der Waals surface area contributed by atoms with Crippen LogP contribution in [0.1, 0.15) is 71.5 Å². The molecule has 4 heterocycles. The van der Waals surface area contributed by atoms with Crippen LogP contribution in [0.15, 0.2) is 16.8 Å². The van der Waals surface area contributed by atoms with Crippen LogP contribution in [0.5, 0.6) is 0 Å². The van der Waals surface area contributed by atoms with Crippen molar-refractivity contribution >= 4 is 17.0 Å². The lowest BCUT2D eigenvalue weighted by molar-refractivity contribution is -0.136. The molecule has 7 nitrogen and oxygen atoms in total. The molecule has 0 bridgehead atoms. The van der Waals surface area contributed by atoms with E-state index in [2.05, 4.69) is 15.2 Å². The standard InChI is InChI=1S/C21H24F3N5O2/c1-11(2)16-8-15(21(22,23)24)17-18(27-31-19(17)25-16)13-6-5-7-29(9-13)20(30)14-10-28(4)26-12(14)3/h8,10-11,13H,5-7,9H2,1-4H3/t13-/m0/s1. The molecule has 3 aromatic heterocycles. The van der Waals surface area contributed by atoms with Crippen molar-refractivity contribution in [2.75, 3.05) is 13.1 Å². The number of rotatable bonds is 3. The summed E-state index contributed by atoms with van der Waals surface area (Å²) in [7, 11) is 1.74. The van der Waals surface area contributed by atoms with Crippen molar-refractivity contribution in [1.82, 2.24) is 24.8 Å². The number of amides is 1. The summed E-state index contributed by atoms with van der Waals surface area (Å²) >= 11 is 0. The zero-order chi connectivity index (χ0) is 22.5. The van der Waals surface area contributed by atoms with Gasteiger partial charge in [-0.2, -0.15) is 18.3 Å². The van der Waals surface area contributed by atoms with Crippen LogP contribution in [0.3, 0.4) is 0 Å². The Balaban J connectivity index is 1.71. The van der Waals surface area contributed by atoms with Gasteiger partial charge in [0.25, 0.3) is 11.6 Å². The normalized spacial score (nSPS) is 17.7. The zero-order valence-electron chi connectivity index (χ0n) is 17.8. The number of nitrogens with zero attached hydrogens (tertiary/aromatic N) is 5. The van der Waals surface area contributed by atoms with Gasteiger partial charge in [0.05, 0.1) is 27.9 Å². The lowest BCUT2D eigenvalue weighted by Gasteiger charge is -2.32. The van der Waals surface area contributed by atoms with E-state index in [9.17, 15) is 18.0 Å². The van der Waals surface area contributed by atoms with Crippen LogP contribution in [0.2, 0.25) is 0 Å². The Kier molecular flexibility index (Phi) is 5.26. The number of halogens is 3. The maximum atomic E-state index is 13.9. The van der Waals surface area contributed by atoms with Crippen LogP contribution in [0.25, 0.3) is 11.1 Å². The highest BCUT2D eigenvalue weighted by atomic mass is 19.4. The van der Waals surface area contributed by atoms with Crippen molar-refractivity contribution in [3.63, 3.8) is 0 Å². The first-order chi connectivity index (χ1) is 14.6. The van der Waals surface area contributed by atoms with Gasteiger partial charge >= 0.3 is 6.18 Å². The third-order valence-electron chi connectivity index (χ3n) is 5.73. The smallest absolute Gasteiger partial charge is 0.338 e. The highest BCUT2D eigenvalue weighted by molar-refractivity contribution is 5.95. The van der Waals surface area contributed by atoms with Crippen LogP contribution in [-0.4, -0.2) is 43.8 Å². The molecule has 0 aromatic carbocycles. The third kappa shape index (κ3) is 3.90. The number of hydrogen-bond donors (Lipinski definition) is 0. The zero-order valence-corrected chi connectivity index (χ0v) is 17.8. The molecule has 0 unspecified atom stereocenters. The minimum Gasteiger partial charge on any atom is -0.338 e. The SMILES string of the molecule is Cc1nn(C)cc1C(=O)N1CCC[C@H](c2noc3nc(C(C)C)cc(C(F)(F)F)c23)C1. The first kappa shape index (κ1) is 21.3. The number of fused-ring (bicyclic) bond motifs is 1. The number of aromatic nitrogens is 4. The van der Waals surface area contributed by atoms with Crippen molar-refractivity contribution < 1.29 is 22.5 Å². The van der Waals surface area contributed by atoms with Gasteiger partial charge in [-0.15, -0.1) is 0 Å². The third-order valence-corrected chi connectivity index (χ3v) is 5.73. The van der Waals surface area contributed by atoms with Gasteiger partial charge in [0, 0.05) is 37.9 Å². The van der Waals surface area contributed by atoms with Gasteiger partial charge in [-0.05, 0) is 31.7 Å². The predicted octanol–water partition coefficient (Wildman–Crippen LogP) is 4.43. The number of carbonyl (C=O) groups excluding carboxylic acids is 1. The minimum absolute atomic E-state index is 0.103. The summed E-state index contributed by atoms with van der Waals surface area (Å²) in [5.74, 6) is -0.743. The summed E-state index contributed by atoms with van der Waals surface area (Å²) in [5.41, 5.74) is 0.725. The van der Waals surface area contributed by atoms with Gasteiger partial charge in [0.1, 0.15) is 0 Å². The van der Waals surface area contributed by atoms with E-state index >= 15 is 0 Å². The fourth-order valence-corrected chi connectivity index (χ4v) is 4.16. The molecular formula is C21H24F3N5O2. The molecule has 0 saturated carbocycles. The van der Waals surface area contributed by atoms with Gasteiger partial charge < -0.3 is 9.42 Å². The van der Waals surface area contributed by atoms with Crippen LogP contribution < -0.4 is 0 Å². The maximum Gasteiger partial charge on any atom is 0.417 e. The molecule has 0 aliphatic carbocycles. The van der Waals surface area contributed by atoms with Crippen molar-refractivity contribution in [3.05, 3.63) is 40.5 Å². The number of alkyl halides is 3. The lowest BCUT2D eigenvalue weighted by atomic mass is 9.91. The van der Waals surface area contributed by atoms with Crippen LogP contribution in [0.4, 0.5) is 13.2 Å². The quantitative estimate of drug-likeness (QED) is 0.608. The lowest BCUT2D eigenvalue weighted by Crippen LogP contribution is -2.39. The molecule has 1 atom stereocenters. The van der Waals surface area contributed by atoms with Gasteiger partial charge in [0.2, 0.25) is 0 Å². The van der Waals surface area contributed by atoms with E-state index in [1.807, 2.05) is 0 Å². The number of piperidine rings is 1. The molecule has 1 aliphatic heterocycles. The minimum atomic E-state index is -4.57. The summed E-state index contributed by atoms with van der Waals surface area (Å²) in [6.07, 6.45) is -1.64. The average molecular weight is 435 g/mol. The highest BCUT2D eigenvalue weighted by Crippen LogP contribution is 2.40. The van der Waals surface area contributed by atoms with Crippen molar-refractivity contribution in [2.45, 2.75) is 51.6 Å². The molecule has 10 heteroatoms. The fraction of sp³-hybridized carbons (Fsp3) is 0.524. The van der Waals surface area contributed by atoms with Crippen molar-refractivity contribution in [2.24, 2.45) is 7.05 Å². The summed E-state index contributed by atoms with van der Waals surface area (Å²) in [6, 6.07) is 1.08. The molecule has 0 radical (unpaired) electrons. The Hall–Kier alpha value is -2.91. The summed E-state index contributed by atoms with van der Waals surface area (Å²) in [5, 5.41) is 8.09. The van der Waals surface area contributed by atoms with Gasteiger partial charge in [-0.3, -0.25) is 9.48 Å². The topological polar surface area (TPSA) is 77.0 Å². The molecule has 1 saturated heterocycles. The first-order valence-electron chi connectivity index (χ1n) is 10.2. The monoisotopic (exact) mass is 435 g/mol. The number of aryl methyl sites for hydroxylation is 2.